The van der Waals surface area contributed by atoms with Crippen molar-refractivity contribution in [2.45, 2.75) is 18.6 Å². The maximum atomic E-state index is 13.6. The molecule has 0 fully saturated rings. The topological polar surface area (TPSA) is 72.7 Å². The molecule has 4 rings (SSSR count). The summed E-state index contributed by atoms with van der Waals surface area (Å²) >= 11 is 1.09. The molecule has 4 aromatic rings. The molecule has 0 unspecified atom stereocenters. The number of nitrogens with one attached hydrogen (secondary N) is 1. The molecule has 1 N–H and O–H groups in total. The number of aromatic nitrogens is 4. The number of hydrogen-bond acceptors (Lipinski definition) is 5. The van der Waals surface area contributed by atoms with Crippen LogP contribution in [0.3, 0.4) is 0 Å². The Balaban J connectivity index is 1.53. The number of hydrogen-bond donors (Lipinski definition) is 1. The van der Waals surface area contributed by atoms with Gasteiger partial charge in [-0.1, -0.05) is 30.0 Å². The fourth-order valence-electron chi connectivity index (χ4n) is 2.98. The van der Waals surface area contributed by atoms with Crippen LogP contribution in [-0.4, -0.2) is 31.4 Å². The van der Waals surface area contributed by atoms with Crippen molar-refractivity contribution >= 4 is 45.4 Å². The van der Waals surface area contributed by atoms with Gasteiger partial charge in [-0.05, 0) is 25.1 Å². The second-order valence-corrected chi connectivity index (χ2v) is 6.93. The molecule has 0 saturated heterocycles. The molecule has 28 heavy (non-hydrogen) atoms. The third-order valence-corrected chi connectivity index (χ3v) is 5.05. The molecular weight excluding hydrogens is 384 g/mol. The zero-order chi connectivity index (χ0) is 19.7. The van der Waals surface area contributed by atoms with Crippen LogP contribution in [0, 0.1) is 11.6 Å². The van der Waals surface area contributed by atoms with Crippen LogP contribution in [0.4, 0.5) is 14.5 Å². The Morgan fingerprint density at radius 1 is 1.18 bits per heavy atom. The summed E-state index contributed by atoms with van der Waals surface area (Å²) in [6.07, 6.45) is 0. The highest BCUT2D eigenvalue weighted by Crippen LogP contribution is 2.27. The Morgan fingerprint density at radius 3 is 2.79 bits per heavy atom. The van der Waals surface area contributed by atoms with Crippen LogP contribution in [0.25, 0.3) is 22.1 Å². The van der Waals surface area contributed by atoms with Crippen molar-refractivity contribution in [3.63, 3.8) is 0 Å². The number of para-hydroxylation sites is 1. The van der Waals surface area contributed by atoms with Gasteiger partial charge in [0, 0.05) is 18.0 Å². The number of carbonyl (C=O) groups is 1. The van der Waals surface area contributed by atoms with Gasteiger partial charge in [0.1, 0.15) is 17.2 Å². The number of carbonyl (C=O) groups excluding carboxylic acids is 1. The summed E-state index contributed by atoms with van der Waals surface area (Å²) in [4.78, 5) is 16.6. The van der Waals surface area contributed by atoms with Crippen LogP contribution in [0.5, 0.6) is 0 Å². The predicted molar refractivity (Wildman–Crippen MR) is 104 cm³/mol. The molecule has 0 atom stereocenters. The molecule has 2 aromatic heterocycles. The third-order valence-electron chi connectivity index (χ3n) is 4.21. The van der Waals surface area contributed by atoms with Crippen molar-refractivity contribution < 1.29 is 13.6 Å². The monoisotopic (exact) mass is 399 g/mol. The van der Waals surface area contributed by atoms with E-state index in [9.17, 15) is 13.6 Å². The Kier molecular flexibility index (Phi) is 4.91. The van der Waals surface area contributed by atoms with E-state index in [1.54, 1.807) is 0 Å². The minimum atomic E-state index is -0.829. The third kappa shape index (κ3) is 3.40. The zero-order valence-corrected chi connectivity index (χ0v) is 15.6. The van der Waals surface area contributed by atoms with E-state index in [0.717, 1.165) is 35.3 Å². The minimum Gasteiger partial charge on any atom is -0.324 e. The Morgan fingerprint density at radius 2 is 2.00 bits per heavy atom. The number of anilines is 1. The molecule has 2 heterocycles. The van der Waals surface area contributed by atoms with Gasteiger partial charge in [0.15, 0.2) is 5.65 Å². The van der Waals surface area contributed by atoms with E-state index in [1.807, 2.05) is 35.8 Å². The second-order valence-electron chi connectivity index (χ2n) is 5.99. The average Bonchev–Trinajstić information content (AvgIpc) is 3.01. The fraction of sp³-hybridized carbons (Fsp3) is 0.158. The highest BCUT2D eigenvalue weighted by atomic mass is 32.2. The zero-order valence-electron chi connectivity index (χ0n) is 14.8. The molecule has 0 aliphatic rings. The summed E-state index contributed by atoms with van der Waals surface area (Å²) in [5.74, 6) is -2.01. The standard InChI is InChI=1S/C19H15F2N5OS/c1-2-26-15-6-4-3-5-12(15)17-18(26)23-19(25-24-17)28-10-16(27)22-14-8-7-11(20)9-13(14)21/h3-9H,2,10H2,1H3,(H,22,27). The van der Waals surface area contributed by atoms with Gasteiger partial charge < -0.3 is 9.88 Å². The summed E-state index contributed by atoms with van der Waals surface area (Å²) in [6, 6.07) is 10.8. The van der Waals surface area contributed by atoms with Gasteiger partial charge in [-0.3, -0.25) is 4.79 Å². The van der Waals surface area contributed by atoms with Gasteiger partial charge >= 0.3 is 0 Å². The van der Waals surface area contributed by atoms with Gasteiger partial charge in [-0.25, -0.2) is 13.8 Å². The van der Waals surface area contributed by atoms with Crippen molar-refractivity contribution in [3.05, 3.63) is 54.1 Å². The number of thioether (sulfide) groups is 1. The smallest absolute Gasteiger partial charge is 0.234 e. The fourth-order valence-corrected chi connectivity index (χ4v) is 3.56. The molecular formula is C19H15F2N5OS. The van der Waals surface area contributed by atoms with Gasteiger partial charge in [0.05, 0.1) is 17.0 Å². The SMILES string of the molecule is CCn1c2ccccc2c2nnc(SCC(=O)Nc3ccc(F)cc3F)nc21. The van der Waals surface area contributed by atoms with E-state index in [4.69, 9.17) is 0 Å². The summed E-state index contributed by atoms with van der Waals surface area (Å²) in [5.41, 5.74) is 2.35. The van der Waals surface area contributed by atoms with Crippen LogP contribution in [0.1, 0.15) is 6.92 Å². The summed E-state index contributed by atoms with van der Waals surface area (Å²) in [5, 5.41) is 12.1. The summed E-state index contributed by atoms with van der Waals surface area (Å²) < 4.78 is 28.6. The highest BCUT2D eigenvalue weighted by molar-refractivity contribution is 7.99. The molecule has 0 spiro atoms. The quantitative estimate of drug-likeness (QED) is 0.514. The van der Waals surface area contributed by atoms with E-state index in [1.165, 1.54) is 6.07 Å². The van der Waals surface area contributed by atoms with Gasteiger partial charge in [-0.15, -0.1) is 10.2 Å². The first kappa shape index (κ1) is 18.3. The number of benzene rings is 2. The number of rotatable bonds is 5. The lowest BCUT2D eigenvalue weighted by molar-refractivity contribution is -0.113. The molecule has 0 radical (unpaired) electrons. The molecule has 1 amide bonds. The second kappa shape index (κ2) is 7.51. The van der Waals surface area contributed by atoms with Crippen molar-refractivity contribution in [3.8, 4) is 0 Å². The van der Waals surface area contributed by atoms with Crippen molar-refractivity contribution in [1.29, 1.82) is 0 Å². The van der Waals surface area contributed by atoms with Crippen LogP contribution in [0.15, 0.2) is 47.6 Å². The maximum absolute atomic E-state index is 13.6. The van der Waals surface area contributed by atoms with Crippen molar-refractivity contribution in [2.75, 3.05) is 11.1 Å². The normalized spacial score (nSPS) is 11.2. The number of aryl methyl sites for hydroxylation is 1. The number of halogens is 2. The lowest BCUT2D eigenvalue weighted by Gasteiger charge is -2.06. The minimum absolute atomic E-state index is 0.0314. The van der Waals surface area contributed by atoms with E-state index in [0.29, 0.717) is 22.4 Å². The van der Waals surface area contributed by atoms with Gasteiger partial charge in [-0.2, -0.15) is 0 Å². The lowest BCUT2D eigenvalue weighted by atomic mass is 10.2. The molecule has 0 bridgehead atoms. The first-order valence-electron chi connectivity index (χ1n) is 8.56. The van der Waals surface area contributed by atoms with Crippen molar-refractivity contribution in [2.24, 2.45) is 0 Å². The van der Waals surface area contributed by atoms with Crippen molar-refractivity contribution in [1.82, 2.24) is 19.7 Å². The first-order valence-corrected chi connectivity index (χ1v) is 9.54. The Labute approximate surface area is 163 Å². The van der Waals surface area contributed by atoms with Crippen LogP contribution in [0.2, 0.25) is 0 Å². The molecule has 0 saturated carbocycles. The predicted octanol–water partition coefficient (Wildman–Crippen LogP) is 4.01. The summed E-state index contributed by atoms with van der Waals surface area (Å²) in [7, 11) is 0. The van der Waals surface area contributed by atoms with E-state index < -0.39 is 17.5 Å². The number of amides is 1. The van der Waals surface area contributed by atoms with E-state index in [-0.39, 0.29) is 11.4 Å². The summed E-state index contributed by atoms with van der Waals surface area (Å²) in [6.45, 7) is 2.74. The largest absolute Gasteiger partial charge is 0.324 e. The first-order chi connectivity index (χ1) is 13.6. The molecule has 2 aromatic carbocycles. The molecule has 6 nitrogen and oxygen atoms in total. The van der Waals surface area contributed by atoms with Gasteiger partial charge in [0.2, 0.25) is 11.1 Å². The Bertz CT molecular complexity index is 1190. The van der Waals surface area contributed by atoms with E-state index >= 15 is 0 Å². The molecule has 0 aliphatic carbocycles. The van der Waals surface area contributed by atoms with Crippen LogP contribution in [-0.2, 0) is 11.3 Å². The van der Waals surface area contributed by atoms with Crippen LogP contribution < -0.4 is 5.32 Å². The van der Waals surface area contributed by atoms with E-state index in [2.05, 4.69) is 20.5 Å². The van der Waals surface area contributed by atoms with Gasteiger partial charge in [0.25, 0.3) is 0 Å². The molecule has 9 heteroatoms. The Hall–Kier alpha value is -3.07. The lowest BCUT2D eigenvalue weighted by Crippen LogP contribution is -2.15. The maximum Gasteiger partial charge on any atom is 0.234 e. The van der Waals surface area contributed by atoms with Crippen LogP contribution >= 0.6 is 11.8 Å². The number of nitrogens with zero attached hydrogens (tertiary/aromatic N) is 4. The molecule has 142 valence electrons. The molecule has 0 aliphatic heterocycles. The highest BCUT2D eigenvalue weighted by Gasteiger charge is 2.15. The number of fused-ring (bicyclic) bond motifs is 3. The average molecular weight is 399 g/mol.